The number of hydrogen-bond acceptors (Lipinski definition) is 4. The summed E-state index contributed by atoms with van der Waals surface area (Å²) in [5.74, 6) is 0.747. The van der Waals surface area contributed by atoms with Crippen molar-refractivity contribution >= 4 is 16.9 Å². The van der Waals surface area contributed by atoms with Gasteiger partial charge in [0.05, 0.1) is 0 Å². The molecular formula is C27H29N3O3. The van der Waals surface area contributed by atoms with Crippen molar-refractivity contribution in [2.75, 3.05) is 0 Å². The second-order valence-electron chi connectivity index (χ2n) is 9.32. The summed E-state index contributed by atoms with van der Waals surface area (Å²) in [6.07, 6.45) is 4.58. The summed E-state index contributed by atoms with van der Waals surface area (Å²) in [5, 5.41) is 16.4. The van der Waals surface area contributed by atoms with Gasteiger partial charge in [-0.2, -0.15) is 0 Å². The lowest BCUT2D eigenvalue weighted by molar-refractivity contribution is 0.0665. The van der Waals surface area contributed by atoms with Crippen LogP contribution in [0.4, 0.5) is 4.79 Å². The van der Waals surface area contributed by atoms with E-state index in [1.807, 2.05) is 81.6 Å². The van der Waals surface area contributed by atoms with E-state index in [-0.39, 0.29) is 6.04 Å². The van der Waals surface area contributed by atoms with Gasteiger partial charge in [0.2, 0.25) is 0 Å². The van der Waals surface area contributed by atoms with Gasteiger partial charge in [-0.1, -0.05) is 47.6 Å². The Labute approximate surface area is 193 Å². The molecule has 2 heterocycles. The third kappa shape index (κ3) is 5.40. The monoisotopic (exact) mass is 443 g/mol. The molecule has 1 unspecified atom stereocenters. The highest BCUT2D eigenvalue weighted by Gasteiger charge is 2.33. The lowest BCUT2D eigenvalue weighted by Gasteiger charge is -2.40. The molecule has 0 fully saturated rings. The Morgan fingerprint density at radius 3 is 2.58 bits per heavy atom. The van der Waals surface area contributed by atoms with E-state index < -0.39 is 11.6 Å². The molecule has 0 saturated heterocycles. The first-order valence-electron chi connectivity index (χ1n) is 11.2. The molecule has 2 aromatic carbocycles. The molecule has 1 N–H and O–H groups in total. The molecule has 4 rings (SSSR count). The fourth-order valence-corrected chi connectivity index (χ4v) is 4.32. The number of amides is 1. The number of fused-ring (bicyclic) bond motifs is 1. The van der Waals surface area contributed by atoms with Crippen LogP contribution in [0.2, 0.25) is 0 Å². The third-order valence-corrected chi connectivity index (χ3v) is 5.83. The Morgan fingerprint density at radius 2 is 1.85 bits per heavy atom. The number of nitrogens with zero attached hydrogens (tertiary/aromatic N) is 3. The zero-order valence-electron chi connectivity index (χ0n) is 19.2. The van der Waals surface area contributed by atoms with Crippen molar-refractivity contribution in [3.8, 4) is 11.3 Å². The maximum absolute atomic E-state index is 12.2. The number of hydrogen-bond donors (Lipinski definition) is 1. The Morgan fingerprint density at radius 1 is 1.06 bits per heavy atom. The molecule has 0 aliphatic heterocycles. The van der Waals surface area contributed by atoms with Crippen LogP contribution in [-0.2, 0) is 12.8 Å². The predicted molar refractivity (Wildman–Crippen MR) is 129 cm³/mol. The molecule has 170 valence electrons. The maximum Gasteiger partial charge on any atom is 0.407 e. The Bertz CT molecular complexity index is 1230. The average molecular weight is 444 g/mol. The van der Waals surface area contributed by atoms with Crippen molar-refractivity contribution in [2.45, 2.75) is 51.6 Å². The first-order chi connectivity index (χ1) is 15.8. The van der Waals surface area contributed by atoms with Gasteiger partial charge in [0.1, 0.15) is 11.5 Å². The topological polar surface area (TPSA) is 79.5 Å². The van der Waals surface area contributed by atoms with Gasteiger partial charge in [-0.05, 0) is 56.7 Å². The zero-order chi connectivity index (χ0) is 23.4. The van der Waals surface area contributed by atoms with E-state index in [9.17, 15) is 9.90 Å². The molecule has 0 saturated carbocycles. The fourth-order valence-electron chi connectivity index (χ4n) is 4.32. The Hall–Kier alpha value is -3.67. The Kier molecular flexibility index (Phi) is 6.45. The molecule has 0 aliphatic carbocycles. The first-order valence-corrected chi connectivity index (χ1v) is 11.2. The van der Waals surface area contributed by atoms with Gasteiger partial charge in [-0.25, -0.2) is 4.79 Å². The smallest absolute Gasteiger partial charge is 0.407 e. The van der Waals surface area contributed by atoms with Crippen LogP contribution in [0.15, 0.2) is 77.6 Å². The SMILES string of the molecule is CC(C)(C)N(C(=O)O)C(CCc1cc(-c2ccc3cnccc3c2)no1)Cc1ccccc1. The predicted octanol–water partition coefficient (Wildman–Crippen LogP) is 6.21. The van der Waals surface area contributed by atoms with Crippen LogP contribution in [-0.4, -0.2) is 37.8 Å². The van der Waals surface area contributed by atoms with Gasteiger partial charge >= 0.3 is 6.09 Å². The van der Waals surface area contributed by atoms with Gasteiger partial charge in [0, 0.05) is 47.4 Å². The van der Waals surface area contributed by atoms with Crippen LogP contribution in [0.1, 0.15) is 38.5 Å². The molecule has 6 heteroatoms. The number of benzene rings is 2. The molecule has 0 aliphatic rings. The van der Waals surface area contributed by atoms with Crippen LogP contribution >= 0.6 is 0 Å². The van der Waals surface area contributed by atoms with Crippen molar-refractivity contribution in [2.24, 2.45) is 0 Å². The van der Waals surface area contributed by atoms with E-state index in [0.29, 0.717) is 19.3 Å². The van der Waals surface area contributed by atoms with Crippen LogP contribution in [0, 0.1) is 0 Å². The van der Waals surface area contributed by atoms with Crippen LogP contribution < -0.4 is 0 Å². The zero-order valence-corrected chi connectivity index (χ0v) is 19.2. The van der Waals surface area contributed by atoms with Gasteiger partial charge in [0.15, 0.2) is 0 Å². The van der Waals surface area contributed by atoms with Crippen molar-refractivity contribution in [1.82, 2.24) is 15.0 Å². The second-order valence-corrected chi connectivity index (χ2v) is 9.32. The number of aromatic nitrogens is 2. The first kappa shape index (κ1) is 22.5. The molecule has 6 nitrogen and oxygen atoms in total. The number of rotatable bonds is 7. The number of carbonyl (C=O) groups is 1. The lowest BCUT2D eigenvalue weighted by atomic mass is 9.95. The highest BCUT2D eigenvalue weighted by Crippen LogP contribution is 2.27. The fraction of sp³-hybridized carbons (Fsp3) is 0.296. The number of carboxylic acid groups (broad SMARTS) is 1. The summed E-state index contributed by atoms with van der Waals surface area (Å²) in [7, 11) is 0. The minimum absolute atomic E-state index is 0.188. The molecule has 0 bridgehead atoms. The highest BCUT2D eigenvalue weighted by atomic mass is 16.5. The van der Waals surface area contributed by atoms with Gasteiger partial charge < -0.3 is 14.5 Å². The number of aryl methyl sites for hydroxylation is 1. The van der Waals surface area contributed by atoms with Gasteiger partial charge in [-0.3, -0.25) is 4.98 Å². The van der Waals surface area contributed by atoms with E-state index in [0.717, 1.165) is 33.4 Å². The van der Waals surface area contributed by atoms with E-state index in [1.54, 1.807) is 11.1 Å². The third-order valence-electron chi connectivity index (χ3n) is 5.83. The summed E-state index contributed by atoms with van der Waals surface area (Å²) in [6.45, 7) is 5.79. The van der Waals surface area contributed by atoms with Crippen molar-refractivity contribution < 1.29 is 14.4 Å². The minimum atomic E-state index is -0.910. The van der Waals surface area contributed by atoms with E-state index in [2.05, 4.69) is 16.2 Å². The normalized spacial score (nSPS) is 12.6. The molecule has 2 aromatic heterocycles. The largest absolute Gasteiger partial charge is 0.465 e. The summed E-state index contributed by atoms with van der Waals surface area (Å²) in [5.41, 5.74) is 2.35. The molecule has 0 spiro atoms. The summed E-state index contributed by atoms with van der Waals surface area (Å²) in [4.78, 5) is 17.9. The lowest BCUT2D eigenvalue weighted by Crippen LogP contribution is -2.52. The maximum atomic E-state index is 12.2. The Balaban J connectivity index is 1.53. The van der Waals surface area contributed by atoms with Crippen molar-refractivity contribution in [3.05, 3.63) is 84.4 Å². The molecular weight excluding hydrogens is 414 g/mol. The molecule has 4 aromatic rings. The van der Waals surface area contributed by atoms with E-state index in [4.69, 9.17) is 4.52 Å². The standard InChI is InChI=1S/C27H29N3O3/c1-27(2,3)30(26(31)32)23(15-19-7-5-4-6-8-19)11-12-24-17-25(29-33-24)21-9-10-22-18-28-14-13-20(22)16-21/h4-10,13-14,16-18,23H,11-12,15H2,1-3H3,(H,31,32). The van der Waals surface area contributed by atoms with Gasteiger partial charge in [-0.15, -0.1) is 0 Å². The van der Waals surface area contributed by atoms with Gasteiger partial charge in [0.25, 0.3) is 0 Å². The van der Waals surface area contributed by atoms with Crippen LogP contribution in [0.5, 0.6) is 0 Å². The molecule has 0 radical (unpaired) electrons. The molecule has 1 atom stereocenters. The summed E-state index contributed by atoms with van der Waals surface area (Å²) in [6, 6.07) is 19.9. The van der Waals surface area contributed by atoms with Crippen LogP contribution in [0.3, 0.4) is 0 Å². The summed E-state index contributed by atoms with van der Waals surface area (Å²) >= 11 is 0. The van der Waals surface area contributed by atoms with Crippen LogP contribution in [0.25, 0.3) is 22.0 Å². The number of pyridine rings is 1. The molecule has 33 heavy (non-hydrogen) atoms. The minimum Gasteiger partial charge on any atom is -0.465 e. The van der Waals surface area contributed by atoms with Crippen molar-refractivity contribution in [3.63, 3.8) is 0 Å². The molecule has 1 amide bonds. The van der Waals surface area contributed by atoms with E-state index in [1.165, 1.54) is 0 Å². The van der Waals surface area contributed by atoms with E-state index >= 15 is 0 Å². The quantitative estimate of drug-likeness (QED) is 0.367. The summed E-state index contributed by atoms with van der Waals surface area (Å²) < 4.78 is 5.63. The highest BCUT2D eigenvalue weighted by molar-refractivity contribution is 5.85. The van der Waals surface area contributed by atoms with Crippen molar-refractivity contribution in [1.29, 1.82) is 0 Å². The second kappa shape index (κ2) is 9.45. The average Bonchev–Trinajstić information content (AvgIpc) is 3.26.